The predicted octanol–water partition coefficient (Wildman–Crippen LogP) is 2.97. The summed E-state index contributed by atoms with van der Waals surface area (Å²) in [6.45, 7) is 2.04. The van der Waals surface area contributed by atoms with Crippen LogP contribution in [0.5, 0.6) is 11.5 Å². The van der Waals surface area contributed by atoms with E-state index < -0.39 is 0 Å². The second-order valence-corrected chi connectivity index (χ2v) is 5.51. The quantitative estimate of drug-likeness (QED) is 0.793. The van der Waals surface area contributed by atoms with Gasteiger partial charge in [0.2, 0.25) is 0 Å². The van der Waals surface area contributed by atoms with Gasteiger partial charge in [0.25, 0.3) is 0 Å². The van der Waals surface area contributed by atoms with Crippen LogP contribution in [0, 0.1) is 0 Å². The van der Waals surface area contributed by atoms with Crippen LogP contribution >= 0.6 is 0 Å². The fraction of sp³-hybridized carbons (Fsp3) is 0.389. The van der Waals surface area contributed by atoms with Crippen molar-refractivity contribution in [2.75, 3.05) is 27.3 Å². The Balaban J connectivity index is 1.86. The molecule has 0 radical (unpaired) electrons. The lowest BCUT2D eigenvalue weighted by molar-refractivity contribution is -0.515. The molecule has 0 aromatic heterocycles. The molecule has 0 bridgehead atoms. The van der Waals surface area contributed by atoms with E-state index in [-0.39, 0.29) is 0 Å². The highest BCUT2D eigenvalue weighted by atomic mass is 16.5. The van der Waals surface area contributed by atoms with Gasteiger partial charge in [-0.3, -0.25) is 0 Å². The van der Waals surface area contributed by atoms with Crippen molar-refractivity contribution in [3.05, 3.63) is 47.1 Å². The average Bonchev–Trinajstić information content (AvgIpc) is 2.54. The van der Waals surface area contributed by atoms with Gasteiger partial charge < -0.3 is 9.47 Å². The topological polar surface area (TPSA) is 21.5 Å². The molecule has 0 amide bonds. The zero-order valence-electron chi connectivity index (χ0n) is 12.8. The molecule has 21 heavy (non-hydrogen) atoms. The first kappa shape index (κ1) is 13.9. The molecule has 1 aliphatic carbocycles. The van der Waals surface area contributed by atoms with Gasteiger partial charge in [-0.1, -0.05) is 18.2 Å². The highest BCUT2D eigenvalue weighted by Crippen LogP contribution is 2.31. The van der Waals surface area contributed by atoms with E-state index in [0.717, 1.165) is 31.0 Å². The van der Waals surface area contributed by atoms with E-state index in [1.807, 2.05) is 0 Å². The molecular weight excluding hydrogens is 262 g/mol. The number of nitrogens with zero attached hydrogens (tertiary/aromatic N) is 1. The van der Waals surface area contributed by atoms with Gasteiger partial charge in [0.05, 0.1) is 14.2 Å². The number of hydrogen-bond donors (Lipinski definition) is 0. The van der Waals surface area contributed by atoms with E-state index >= 15 is 0 Å². The molecule has 3 nitrogen and oxygen atoms in total. The van der Waals surface area contributed by atoms with Crippen molar-refractivity contribution in [1.29, 1.82) is 0 Å². The first-order valence-corrected chi connectivity index (χ1v) is 7.49. The molecular formula is C18H22NO2+. The molecule has 1 heterocycles. The van der Waals surface area contributed by atoms with Gasteiger partial charge in [-0.2, -0.15) is 0 Å². The highest BCUT2D eigenvalue weighted by molar-refractivity contribution is 5.80. The molecule has 1 aliphatic heterocycles. The van der Waals surface area contributed by atoms with Crippen molar-refractivity contribution < 1.29 is 14.0 Å². The smallest absolute Gasteiger partial charge is 0.171 e. The minimum absolute atomic E-state index is 0.797. The lowest BCUT2D eigenvalue weighted by atomic mass is 10.0. The Hall–Kier alpha value is -2.03. The molecule has 2 aliphatic rings. The number of methoxy groups -OCH3 is 2. The summed E-state index contributed by atoms with van der Waals surface area (Å²) in [4.78, 5) is 0. The van der Waals surface area contributed by atoms with Crippen LogP contribution in [-0.4, -0.2) is 38.1 Å². The summed E-state index contributed by atoms with van der Waals surface area (Å²) in [5.41, 5.74) is 3.98. The normalized spacial score (nSPS) is 16.9. The number of hydrogen-bond acceptors (Lipinski definition) is 2. The Labute approximate surface area is 126 Å². The zero-order valence-corrected chi connectivity index (χ0v) is 12.8. The van der Waals surface area contributed by atoms with Crippen LogP contribution in [0.1, 0.15) is 24.0 Å². The second-order valence-electron chi connectivity index (χ2n) is 5.51. The van der Waals surface area contributed by atoms with E-state index in [1.54, 1.807) is 14.2 Å². The number of fused-ring (bicyclic) bond motifs is 1. The summed E-state index contributed by atoms with van der Waals surface area (Å²) < 4.78 is 13.2. The Bertz CT molecular complexity index is 626. The molecule has 0 fully saturated rings. The summed E-state index contributed by atoms with van der Waals surface area (Å²) in [6, 6.07) is 4.17. The summed E-state index contributed by atoms with van der Waals surface area (Å²) in [5.74, 6) is 1.61. The van der Waals surface area contributed by atoms with Crippen molar-refractivity contribution >= 4 is 6.21 Å². The Morgan fingerprint density at radius 3 is 2.62 bits per heavy atom. The van der Waals surface area contributed by atoms with Gasteiger partial charge in [-0.25, -0.2) is 4.58 Å². The molecule has 0 atom stereocenters. The minimum atomic E-state index is 0.797. The Morgan fingerprint density at radius 1 is 1.10 bits per heavy atom. The molecule has 0 unspecified atom stereocenters. The lowest BCUT2D eigenvalue weighted by Gasteiger charge is -2.16. The predicted molar refractivity (Wildman–Crippen MR) is 84.9 cm³/mol. The van der Waals surface area contributed by atoms with Crippen molar-refractivity contribution in [3.8, 4) is 11.5 Å². The number of ether oxygens (including phenoxy) is 2. The van der Waals surface area contributed by atoms with Crippen LogP contribution in [-0.2, 0) is 6.42 Å². The van der Waals surface area contributed by atoms with Crippen molar-refractivity contribution in [1.82, 2.24) is 0 Å². The van der Waals surface area contributed by atoms with Crippen LogP contribution in [0.3, 0.4) is 0 Å². The number of allylic oxidation sites excluding steroid dienone is 2. The monoisotopic (exact) mass is 284 g/mol. The molecule has 0 spiro atoms. The van der Waals surface area contributed by atoms with Gasteiger partial charge in [0.15, 0.2) is 24.3 Å². The van der Waals surface area contributed by atoms with Gasteiger partial charge in [-0.15, -0.1) is 0 Å². The zero-order chi connectivity index (χ0) is 14.7. The van der Waals surface area contributed by atoms with Crippen LogP contribution in [0.4, 0.5) is 0 Å². The van der Waals surface area contributed by atoms with E-state index in [1.165, 1.54) is 29.5 Å². The van der Waals surface area contributed by atoms with E-state index in [9.17, 15) is 0 Å². The summed E-state index contributed by atoms with van der Waals surface area (Å²) in [6.07, 6.45) is 12.5. The third kappa shape index (κ3) is 3.02. The maximum Gasteiger partial charge on any atom is 0.171 e. The molecule has 1 aromatic carbocycles. The molecule has 3 heteroatoms. The molecule has 0 saturated heterocycles. The summed E-state index contributed by atoms with van der Waals surface area (Å²) in [7, 11) is 3.37. The fourth-order valence-electron chi connectivity index (χ4n) is 2.94. The number of rotatable bonds is 4. The number of benzene rings is 1. The molecule has 3 rings (SSSR count). The van der Waals surface area contributed by atoms with E-state index in [0.29, 0.717) is 0 Å². The average molecular weight is 284 g/mol. The van der Waals surface area contributed by atoms with Crippen LogP contribution in [0.2, 0.25) is 0 Å². The SMILES string of the molecule is COc1cc2c(cc1OC)CC[N+](CC1=CCCC=C1)=C2. The first-order chi connectivity index (χ1) is 10.3. The van der Waals surface area contributed by atoms with Gasteiger partial charge in [0.1, 0.15) is 6.54 Å². The van der Waals surface area contributed by atoms with Crippen molar-refractivity contribution in [2.45, 2.75) is 19.3 Å². The van der Waals surface area contributed by atoms with Crippen LogP contribution < -0.4 is 9.47 Å². The van der Waals surface area contributed by atoms with Gasteiger partial charge in [-0.05, 0) is 30.5 Å². The lowest BCUT2D eigenvalue weighted by Crippen LogP contribution is -2.24. The summed E-state index contributed by atoms with van der Waals surface area (Å²) >= 11 is 0. The molecule has 0 saturated carbocycles. The van der Waals surface area contributed by atoms with E-state index in [2.05, 4.69) is 41.2 Å². The Morgan fingerprint density at radius 2 is 1.90 bits per heavy atom. The Kier molecular flexibility index (Phi) is 4.09. The first-order valence-electron chi connectivity index (χ1n) is 7.49. The summed E-state index contributed by atoms with van der Waals surface area (Å²) in [5, 5.41) is 0. The molecule has 110 valence electrons. The maximum absolute atomic E-state index is 5.40. The second kappa shape index (κ2) is 6.17. The third-order valence-electron chi connectivity index (χ3n) is 4.09. The highest BCUT2D eigenvalue weighted by Gasteiger charge is 2.19. The van der Waals surface area contributed by atoms with Crippen LogP contribution in [0.25, 0.3) is 0 Å². The van der Waals surface area contributed by atoms with E-state index in [4.69, 9.17) is 9.47 Å². The van der Waals surface area contributed by atoms with Crippen LogP contribution in [0.15, 0.2) is 35.9 Å². The third-order valence-corrected chi connectivity index (χ3v) is 4.09. The van der Waals surface area contributed by atoms with Crippen molar-refractivity contribution in [3.63, 3.8) is 0 Å². The fourth-order valence-corrected chi connectivity index (χ4v) is 2.94. The van der Waals surface area contributed by atoms with Crippen molar-refractivity contribution in [2.24, 2.45) is 0 Å². The minimum Gasteiger partial charge on any atom is -0.493 e. The standard InChI is InChI=1S/C18H22NO2/c1-20-17-10-15-8-9-19(12-14-6-4-3-5-7-14)13-16(15)11-18(17)21-2/h4,6-7,10-11,13H,3,5,8-9,12H2,1-2H3/q+1. The van der Waals surface area contributed by atoms with Gasteiger partial charge in [0, 0.05) is 17.6 Å². The van der Waals surface area contributed by atoms with Gasteiger partial charge >= 0.3 is 0 Å². The molecule has 1 aromatic rings. The maximum atomic E-state index is 5.40. The largest absolute Gasteiger partial charge is 0.493 e. The molecule has 0 N–H and O–H groups in total.